The molecule has 2 unspecified atom stereocenters. The number of benzene rings is 1. The number of nitrogens with two attached hydrogens (primary N) is 1. The Balaban J connectivity index is 1.62. The summed E-state index contributed by atoms with van der Waals surface area (Å²) in [5.74, 6) is 0.668. The zero-order chi connectivity index (χ0) is 23.8. The molecule has 0 bridgehead atoms. The molecule has 0 aliphatic heterocycles. The summed E-state index contributed by atoms with van der Waals surface area (Å²) in [7, 11) is 0. The molecule has 14 heteroatoms. The molecule has 2 aromatic heterocycles. The van der Waals surface area contributed by atoms with Crippen molar-refractivity contribution in [3.63, 3.8) is 0 Å². The summed E-state index contributed by atoms with van der Waals surface area (Å²) >= 11 is 10.9. The normalized spacial score (nSPS) is 19.8. The van der Waals surface area contributed by atoms with E-state index < -0.39 is 16.8 Å². The molecule has 1 fully saturated rings. The first kappa shape index (κ1) is 24.6. The van der Waals surface area contributed by atoms with Gasteiger partial charge in [-0.25, -0.2) is 14.3 Å². The van der Waals surface area contributed by atoms with E-state index in [2.05, 4.69) is 15.4 Å². The van der Waals surface area contributed by atoms with Gasteiger partial charge in [0.25, 0.3) is 0 Å². The van der Waals surface area contributed by atoms with Gasteiger partial charge in [-0.1, -0.05) is 35.3 Å². The molecule has 4 rings (SSSR count). The van der Waals surface area contributed by atoms with Crippen molar-refractivity contribution < 1.29 is 21.6 Å². The van der Waals surface area contributed by atoms with Crippen molar-refractivity contribution in [3.8, 4) is 11.3 Å². The van der Waals surface area contributed by atoms with Crippen LogP contribution in [0.15, 0.2) is 35.4 Å². The molecule has 3 aromatic rings. The molecule has 0 amide bonds. The van der Waals surface area contributed by atoms with Gasteiger partial charge in [0.05, 0.1) is 12.8 Å². The van der Waals surface area contributed by atoms with Crippen molar-refractivity contribution in [2.45, 2.75) is 35.7 Å². The lowest BCUT2D eigenvalue weighted by atomic mass is 10.1. The topological polar surface area (TPSA) is 94.5 Å². The van der Waals surface area contributed by atoms with Crippen LogP contribution in [0.25, 0.3) is 16.9 Å². The number of nitrogens with one attached hydrogen (secondary N) is 1. The minimum Gasteiger partial charge on any atom is -0.366 e. The first-order valence-electron chi connectivity index (χ1n) is 9.75. The van der Waals surface area contributed by atoms with Crippen LogP contribution in [0.4, 0.5) is 19.0 Å². The number of anilines is 1. The van der Waals surface area contributed by atoms with Crippen molar-refractivity contribution in [3.05, 3.63) is 40.5 Å². The Bertz CT molecular complexity index is 1190. The van der Waals surface area contributed by atoms with Gasteiger partial charge in [-0.05, 0) is 49.1 Å². The SMILES string of the molecule is NS(=O)OC[C@@H]1CCC(Nc2c(Cl)cnc3c(Cl)c(-c4cccc(SC(F)(F)F)c4)nn23)C1. The van der Waals surface area contributed by atoms with Crippen LogP contribution in [-0.2, 0) is 15.4 Å². The van der Waals surface area contributed by atoms with Crippen molar-refractivity contribution in [1.82, 2.24) is 14.6 Å². The Morgan fingerprint density at radius 3 is 2.85 bits per heavy atom. The lowest BCUT2D eigenvalue weighted by molar-refractivity contribution is -0.0328. The van der Waals surface area contributed by atoms with Crippen LogP contribution >= 0.6 is 35.0 Å². The molecule has 3 N–H and O–H groups in total. The molecular formula is C19H18Cl2F3N5O2S2. The molecule has 178 valence electrons. The predicted octanol–water partition coefficient (Wildman–Crippen LogP) is 5.45. The van der Waals surface area contributed by atoms with Gasteiger partial charge in [0, 0.05) is 16.5 Å². The number of nitrogens with zero attached hydrogens (tertiary/aromatic N) is 3. The van der Waals surface area contributed by atoms with Crippen molar-refractivity contribution in [2.24, 2.45) is 11.1 Å². The largest absolute Gasteiger partial charge is 0.446 e. The van der Waals surface area contributed by atoms with E-state index in [-0.39, 0.29) is 33.6 Å². The van der Waals surface area contributed by atoms with Gasteiger partial charge in [0.2, 0.25) is 11.3 Å². The lowest BCUT2D eigenvalue weighted by Gasteiger charge is -2.16. The summed E-state index contributed by atoms with van der Waals surface area (Å²) in [6.45, 7) is 0.296. The van der Waals surface area contributed by atoms with E-state index in [0.717, 1.165) is 19.3 Å². The fourth-order valence-electron chi connectivity index (χ4n) is 3.81. The molecule has 1 aromatic carbocycles. The second-order valence-corrected chi connectivity index (χ2v) is 10.2. The average Bonchev–Trinajstić information content (AvgIpc) is 3.32. The monoisotopic (exact) mass is 539 g/mol. The molecule has 1 aliphatic rings. The molecule has 3 atom stereocenters. The number of alkyl halides is 3. The second-order valence-electron chi connectivity index (χ2n) is 7.49. The molecule has 0 saturated heterocycles. The van der Waals surface area contributed by atoms with E-state index in [1.807, 2.05) is 0 Å². The number of rotatable bonds is 7. The standard InChI is InChI=1S/C19H18Cl2F3N5O2S2/c20-14-8-26-18-15(21)16(11-2-1-3-13(7-11)32-19(22,23)24)28-29(18)17(14)27-12-5-4-10(6-12)9-31-33(25)30/h1-3,7-8,10,12,27H,4-6,9,25H2/t10-,12?,33?/m1/s1. The summed E-state index contributed by atoms with van der Waals surface area (Å²) in [6.07, 6.45) is 3.87. The summed E-state index contributed by atoms with van der Waals surface area (Å²) in [5.41, 5.74) is -3.36. The predicted molar refractivity (Wildman–Crippen MR) is 123 cm³/mol. The number of hydrogen-bond acceptors (Lipinski definition) is 6. The van der Waals surface area contributed by atoms with Gasteiger partial charge in [-0.15, -0.1) is 0 Å². The summed E-state index contributed by atoms with van der Waals surface area (Å²) in [4.78, 5) is 4.27. The van der Waals surface area contributed by atoms with Crippen LogP contribution in [0.2, 0.25) is 10.0 Å². The highest BCUT2D eigenvalue weighted by atomic mass is 35.5. The van der Waals surface area contributed by atoms with Crippen LogP contribution in [0, 0.1) is 5.92 Å². The third-order valence-corrected chi connectivity index (χ3v) is 6.90. The zero-order valence-corrected chi connectivity index (χ0v) is 20.0. The fraction of sp³-hybridized carbons (Fsp3) is 0.368. The maximum absolute atomic E-state index is 12.8. The molecule has 1 aliphatic carbocycles. The van der Waals surface area contributed by atoms with E-state index >= 15 is 0 Å². The average molecular weight is 540 g/mol. The van der Waals surface area contributed by atoms with E-state index in [1.165, 1.54) is 28.9 Å². The molecule has 0 radical (unpaired) electrons. The Labute approximate surface area is 204 Å². The van der Waals surface area contributed by atoms with Crippen LogP contribution in [-0.4, -0.2) is 37.0 Å². The maximum atomic E-state index is 12.8. The van der Waals surface area contributed by atoms with E-state index in [1.54, 1.807) is 6.07 Å². The van der Waals surface area contributed by atoms with E-state index in [4.69, 9.17) is 32.5 Å². The third-order valence-electron chi connectivity index (χ3n) is 5.19. The van der Waals surface area contributed by atoms with Crippen molar-refractivity contribution in [1.29, 1.82) is 0 Å². The molecule has 2 heterocycles. The number of halogens is 5. The van der Waals surface area contributed by atoms with Gasteiger partial charge >= 0.3 is 5.51 Å². The minimum absolute atomic E-state index is 0.0232. The first-order valence-corrected chi connectivity index (χ1v) is 12.5. The quantitative estimate of drug-likeness (QED) is 0.387. The number of thioether (sulfide) groups is 1. The highest BCUT2D eigenvalue weighted by molar-refractivity contribution is 8.00. The molecule has 0 spiro atoms. The van der Waals surface area contributed by atoms with Gasteiger partial charge in [0.15, 0.2) is 11.5 Å². The van der Waals surface area contributed by atoms with Crippen LogP contribution in [0.3, 0.4) is 0 Å². The summed E-state index contributed by atoms with van der Waals surface area (Å²) < 4.78 is 55.8. The lowest BCUT2D eigenvalue weighted by Crippen LogP contribution is -2.20. The fourth-order valence-corrected chi connectivity index (χ4v) is 5.19. The van der Waals surface area contributed by atoms with Crippen molar-refractivity contribution in [2.75, 3.05) is 11.9 Å². The smallest absolute Gasteiger partial charge is 0.366 e. The third kappa shape index (κ3) is 5.92. The molecule has 33 heavy (non-hydrogen) atoms. The van der Waals surface area contributed by atoms with Crippen LogP contribution < -0.4 is 10.5 Å². The van der Waals surface area contributed by atoms with Gasteiger partial charge in [-0.3, -0.25) is 4.18 Å². The van der Waals surface area contributed by atoms with Gasteiger partial charge < -0.3 is 5.32 Å². The van der Waals surface area contributed by atoms with E-state index in [9.17, 15) is 17.4 Å². The molecule has 7 nitrogen and oxygen atoms in total. The number of hydrogen-bond donors (Lipinski definition) is 2. The Morgan fingerprint density at radius 1 is 1.33 bits per heavy atom. The Hall–Kier alpha value is -1.57. The second kappa shape index (κ2) is 9.96. The van der Waals surface area contributed by atoms with E-state index in [0.29, 0.717) is 34.4 Å². The number of aromatic nitrogens is 3. The van der Waals surface area contributed by atoms with Crippen molar-refractivity contribution >= 4 is 57.7 Å². The van der Waals surface area contributed by atoms with Crippen LogP contribution in [0.1, 0.15) is 19.3 Å². The highest BCUT2D eigenvalue weighted by Gasteiger charge is 2.30. The molecular weight excluding hydrogens is 522 g/mol. The first-order chi connectivity index (χ1) is 15.6. The van der Waals surface area contributed by atoms with Gasteiger partial charge in [-0.2, -0.15) is 22.8 Å². The van der Waals surface area contributed by atoms with Crippen LogP contribution in [0.5, 0.6) is 0 Å². The zero-order valence-electron chi connectivity index (χ0n) is 16.8. The summed E-state index contributed by atoms with van der Waals surface area (Å²) in [5, 5.41) is 13.5. The Kier molecular flexibility index (Phi) is 7.41. The minimum atomic E-state index is -4.41. The van der Waals surface area contributed by atoms with Gasteiger partial charge in [0.1, 0.15) is 15.7 Å². The summed E-state index contributed by atoms with van der Waals surface area (Å²) in [6, 6.07) is 5.94. The maximum Gasteiger partial charge on any atom is 0.446 e. The highest BCUT2D eigenvalue weighted by Crippen LogP contribution is 2.40. The molecule has 1 saturated carbocycles. The Morgan fingerprint density at radius 2 is 2.12 bits per heavy atom. The number of fused-ring (bicyclic) bond motifs is 1.